The number of hydrogen-bond acceptors (Lipinski definition) is 4. The lowest BCUT2D eigenvalue weighted by molar-refractivity contribution is -0.143. The third-order valence-electron chi connectivity index (χ3n) is 5.50. The van der Waals surface area contributed by atoms with E-state index in [1.165, 1.54) is 0 Å². The molecule has 0 aliphatic carbocycles. The fraction of sp³-hybridized carbons (Fsp3) is 0.391. The van der Waals surface area contributed by atoms with E-state index >= 15 is 0 Å². The number of nitrogens with zero attached hydrogens (tertiary/aromatic N) is 1. The molecule has 152 valence electrons. The van der Waals surface area contributed by atoms with E-state index in [9.17, 15) is 9.59 Å². The molecule has 0 radical (unpaired) electrons. The minimum Gasteiger partial charge on any atom is -0.455 e. The van der Waals surface area contributed by atoms with Crippen LogP contribution in [0.1, 0.15) is 25.7 Å². The monoisotopic (exact) mass is 394 g/mol. The third-order valence-corrected chi connectivity index (χ3v) is 5.50. The summed E-state index contributed by atoms with van der Waals surface area (Å²) in [4.78, 5) is 27.1. The Kier molecular flexibility index (Phi) is 6.10. The number of ether oxygens (including phenoxy) is 2. The fourth-order valence-electron chi connectivity index (χ4n) is 3.85. The predicted octanol–water partition coefficient (Wildman–Crippen LogP) is 3.84. The maximum atomic E-state index is 12.8. The summed E-state index contributed by atoms with van der Waals surface area (Å²) in [5, 5.41) is 3.01. The molecule has 2 aliphatic heterocycles. The molecule has 6 heteroatoms. The van der Waals surface area contributed by atoms with Gasteiger partial charge in [-0.05, 0) is 49.9 Å². The van der Waals surface area contributed by atoms with Gasteiger partial charge < -0.3 is 19.7 Å². The van der Waals surface area contributed by atoms with Crippen LogP contribution < -0.4 is 10.1 Å². The molecule has 0 aromatic heterocycles. The molecule has 0 bridgehead atoms. The molecule has 2 saturated heterocycles. The van der Waals surface area contributed by atoms with Crippen LogP contribution in [0.5, 0.6) is 11.5 Å². The summed E-state index contributed by atoms with van der Waals surface area (Å²) in [7, 11) is 0. The highest BCUT2D eigenvalue weighted by molar-refractivity contribution is 5.94. The Morgan fingerprint density at radius 1 is 0.966 bits per heavy atom. The Bertz CT molecular complexity index is 841. The van der Waals surface area contributed by atoms with E-state index in [4.69, 9.17) is 9.47 Å². The standard InChI is InChI=1S/C23H26N2O4/c26-22(17-12-14-25(15-13-17)23(27)21-11-6-16-28-21)24-19-9-4-5-10-20(19)29-18-7-2-1-3-8-18/h1-5,7-10,17,21H,6,11-16H2,(H,24,26). The Balaban J connectivity index is 1.34. The zero-order chi connectivity index (χ0) is 20.1. The highest BCUT2D eigenvalue weighted by Crippen LogP contribution is 2.30. The highest BCUT2D eigenvalue weighted by Gasteiger charge is 2.32. The molecule has 2 aromatic carbocycles. The molecule has 2 aliphatic rings. The molecule has 1 N–H and O–H groups in total. The van der Waals surface area contributed by atoms with Crippen LogP contribution in [0.3, 0.4) is 0 Å². The molecule has 1 atom stereocenters. The number of anilines is 1. The summed E-state index contributed by atoms with van der Waals surface area (Å²) in [5.74, 6) is 1.25. The highest BCUT2D eigenvalue weighted by atomic mass is 16.5. The van der Waals surface area contributed by atoms with Crippen molar-refractivity contribution in [1.82, 2.24) is 4.90 Å². The molecule has 1 unspecified atom stereocenters. The molecule has 2 heterocycles. The van der Waals surface area contributed by atoms with Gasteiger partial charge >= 0.3 is 0 Å². The summed E-state index contributed by atoms with van der Waals surface area (Å²) in [6, 6.07) is 16.9. The van der Waals surface area contributed by atoms with Gasteiger partial charge in [-0.1, -0.05) is 30.3 Å². The first-order valence-corrected chi connectivity index (χ1v) is 10.2. The van der Waals surface area contributed by atoms with E-state index < -0.39 is 0 Å². The molecule has 2 fully saturated rings. The summed E-state index contributed by atoms with van der Waals surface area (Å²) in [6.07, 6.45) is 2.78. The lowest BCUT2D eigenvalue weighted by Gasteiger charge is -2.32. The van der Waals surface area contributed by atoms with Crippen LogP contribution in [0.4, 0.5) is 5.69 Å². The number of likely N-dealkylation sites (tertiary alicyclic amines) is 1. The molecular weight excluding hydrogens is 368 g/mol. The van der Waals surface area contributed by atoms with Crippen LogP contribution in [0.25, 0.3) is 0 Å². The molecule has 0 spiro atoms. The summed E-state index contributed by atoms with van der Waals surface area (Å²) in [5.41, 5.74) is 0.652. The summed E-state index contributed by atoms with van der Waals surface area (Å²) in [6.45, 7) is 1.86. The van der Waals surface area contributed by atoms with Gasteiger partial charge in [0.25, 0.3) is 5.91 Å². The number of nitrogens with one attached hydrogen (secondary N) is 1. The molecule has 4 rings (SSSR count). The molecule has 6 nitrogen and oxygen atoms in total. The second kappa shape index (κ2) is 9.09. The van der Waals surface area contributed by atoms with Gasteiger partial charge in [0.2, 0.25) is 5.91 Å². The second-order valence-corrected chi connectivity index (χ2v) is 7.50. The van der Waals surface area contributed by atoms with E-state index in [1.807, 2.05) is 59.5 Å². The van der Waals surface area contributed by atoms with Crippen molar-refractivity contribution in [3.05, 3.63) is 54.6 Å². The number of piperidine rings is 1. The Morgan fingerprint density at radius 2 is 1.69 bits per heavy atom. The SMILES string of the molecule is O=C(Nc1ccccc1Oc1ccccc1)C1CCN(C(=O)C2CCCO2)CC1. The number of para-hydroxylation sites is 3. The molecule has 29 heavy (non-hydrogen) atoms. The smallest absolute Gasteiger partial charge is 0.251 e. The summed E-state index contributed by atoms with van der Waals surface area (Å²) < 4.78 is 11.4. The van der Waals surface area contributed by atoms with Crippen molar-refractivity contribution in [2.45, 2.75) is 31.8 Å². The van der Waals surface area contributed by atoms with Gasteiger partial charge in [-0.15, -0.1) is 0 Å². The average molecular weight is 394 g/mol. The maximum Gasteiger partial charge on any atom is 0.251 e. The van der Waals surface area contributed by atoms with Crippen LogP contribution in [0.2, 0.25) is 0 Å². The Labute approximate surface area is 170 Å². The van der Waals surface area contributed by atoms with Crippen molar-refractivity contribution in [3.63, 3.8) is 0 Å². The zero-order valence-electron chi connectivity index (χ0n) is 16.4. The molecular formula is C23H26N2O4. The van der Waals surface area contributed by atoms with E-state index in [0.717, 1.165) is 18.6 Å². The van der Waals surface area contributed by atoms with Gasteiger partial charge in [-0.2, -0.15) is 0 Å². The lowest BCUT2D eigenvalue weighted by Crippen LogP contribution is -2.45. The van der Waals surface area contributed by atoms with E-state index in [-0.39, 0.29) is 23.8 Å². The van der Waals surface area contributed by atoms with Crippen molar-refractivity contribution in [2.75, 3.05) is 25.0 Å². The molecule has 2 amide bonds. The third kappa shape index (κ3) is 4.77. The van der Waals surface area contributed by atoms with Gasteiger partial charge in [0.15, 0.2) is 5.75 Å². The van der Waals surface area contributed by atoms with Crippen molar-refractivity contribution in [1.29, 1.82) is 0 Å². The number of hydrogen-bond donors (Lipinski definition) is 1. The number of benzene rings is 2. The maximum absolute atomic E-state index is 12.8. The number of carbonyl (C=O) groups is 2. The first kappa shape index (κ1) is 19.5. The zero-order valence-corrected chi connectivity index (χ0v) is 16.4. The van der Waals surface area contributed by atoms with Crippen molar-refractivity contribution in [2.24, 2.45) is 5.92 Å². The fourth-order valence-corrected chi connectivity index (χ4v) is 3.85. The van der Waals surface area contributed by atoms with Crippen molar-refractivity contribution >= 4 is 17.5 Å². The van der Waals surface area contributed by atoms with Gasteiger partial charge in [0.1, 0.15) is 11.9 Å². The van der Waals surface area contributed by atoms with Crippen LogP contribution in [-0.2, 0) is 14.3 Å². The minimum atomic E-state index is -0.289. The van der Waals surface area contributed by atoms with Crippen molar-refractivity contribution in [3.8, 4) is 11.5 Å². The minimum absolute atomic E-state index is 0.0293. The number of amides is 2. The van der Waals surface area contributed by atoms with Crippen LogP contribution in [-0.4, -0.2) is 42.5 Å². The van der Waals surface area contributed by atoms with Crippen LogP contribution >= 0.6 is 0 Å². The lowest BCUT2D eigenvalue weighted by atomic mass is 9.95. The van der Waals surface area contributed by atoms with Crippen LogP contribution in [0.15, 0.2) is 54.6 Å². The summed E-state index contributed by atoms with van der Waals surface area (Å²) >= 11 is 0. The first-order valence-electron chi connectivity index (χ1n) is 10.2. The molecule has 0 saturated carbocycles. The normalized spacial score (nSPS) is 19.7. The number of rotatable bonds is 5. The largest absolute Gasteiger partial charge is 0.455 e. The quantitative estimate of drug-likeness (QED) is 0.837. The second-order valence-electron chi connectivity index (χ2n) is 7.50. The predicted molar refractivity (Wildman–Crippen MR) is 110 cm³/mol. The topological polar surface area (TPSA) is 67.9 Å². The number of carbonyl (C=O) groups excluding carboxylic acids is 2. The van der Waals surface area contributed by atoms with Gasteiger partial charge in [-0.3, -0.25) is 9.59 Å². The molecule has 2 aromatic rings. The van der Waals surface area contributed by atoms with E-state index in [2.05, 4.69) is 5.32 Å². The van der Waals surface area contributed by atoms with Crippen LogP contribution in [0, 0.1) is 5.92 Å². The van der Waals surface area contributed by atoms with Gasteiger partial charge in [-0.25, -0.2) is 0 Å². The van der Waals surface area contributed by atoms with Gasteiger partial charge in [0.05, 0.1) is 5.69 Å². The van der Waals surface area contributed by atoms with E-state index in [1.54, 1.807) is 0 Å². The van der Waals surface area contributed by atoms with E-state index in [0.29, 0.717) is 44.0 Å². The average Bonchev–Trinajstić information content (AvgIpc) is 3.30. The van der Waals surface area contributed by atoms with Crippen molar-refractivity contribution < 1.29 is 19.1 Å². The Morgan fingerprint density at radius 3 is 2.41 bits per heavy atom. The Hall–Kier alpha value is -2.86. The first-order chi connectivity index (χ1) is 14.2. The van der Waals surface area contributed by atoms with Gasteiger partial charge in [0, 0.05) is 25.6 Å².